The van der Waals surface area contributed by atoms with Crippen molar-refractivity contribution in [2.45, 2.75) is 0 Å². The topological polar surface area (TPSA) is 29.5 Å². The van der Waals surface area contributed by atoms with E-state index in [1.165, 1.54) is 0 Å². The summed E-state index contributed by atoms with van der Waals surface area (Å²) in [6.07, 6.45) is 0. The van der Waals surface area contributed by atoms with E-state index < -0.39 is 0 Å². The molecule has 0 spiro atoms. The van der Waals surface area contributed by atoms with Gasteiger partial charge in [-0.3, -0.25) is 0 Å². The standard InChI is InChI=1S/C3H8O2.Ni/c1-5-3-2-4;/h4H,2-3H2,1H3;. The van der Waals surface area contributed by atoms with Crippen LogP contribution in [0.1, 0.15) is 0 Å². The van der Waals surface area contributed by atoms with Crippen molar-refractivity contribution in [1.29, 1.82) is 0 Å². The van der Waals surface area contributed by atoms with Crippen LogP contribution >= 0.6 is 0 Å². The Morgan fingerprint density at radius 2 is 2.17 bits per heavy atom. The summed E-state index contributed by atoms with van der Waals surface area (Å²) in [5.74, 6) is 0. The Balaban J connectivity index is 0. The largest absolute Gasteiger partial charge is 0.394 e. The van der Waals surface area contributed by atoms with E-state index in [-0.39, 0.29) is 23.1 Å². The van der Waals surface area contributed by atoms with Crippen LogP contribution < -0.4 is 0 Å². The van der Waals surface area contributed by atoms with E-state index in [0.717, 1.165) is 0 Å². The normalized spacial score (nSPS) is 7.00. The Hall–Kier alpha value is 0.414. The summed E-state index contributed by atoms with van der Waals surface area (Å²) in [6.45, 7) is 0.566. The van der Waals surface area contributed by atoms with Crippen molar-refractivity contribution in [3.63, 3.8) is 0 Å². The Morgan fingerprint density at radius 1 is 1.67 bits per heavy atom. The van der Waals surface area contributed by atoms with Crippen LogP contribution in [0.15, 0.2) is 0 Å². The van der Waals surface area contributed by atoms with Crippen LogP contribution in [0.2, 0.25) is 0 Å². The molecule has 0 radical (unpaired) electrons. The van der Waals surface area contributed by atoms with E-state index in [4.69, 9.17) is 5.11 Å². The van der Waals surface area contributed by atoms with Gasteiger partial charge in [0.15, 0.2) is 0 Å². The average molecular weight is 135 g/mol. The number of aliphatic hydroxyl groups is 1. The van der Waals surface area contributed by atoms with Gasteiger partial charge >= 0.3 is 0 Å². The molecule has 1 N–H and O–H groups in total. The van der Waals surface area contributed by atoms with Gasteiger partial charge in [0.05, 0.1) is 13.2 Å². The molecule has 3 heteroatoms. The van der Waals surface area contributed by atoms with E-state index in [1.54, 1.807) is 7.11 Å². The molecule has 0 amide bonds. The maximum absolute atomic E-state index is 7.94. The molecule has 0 aliphatic heterocycles. The Bertz CT molecular complexity index is 16.3. The molecule has 0 heterocycles. The SMILES string of the molecule is COCCO.[Ni]. The summed E-state index contributed by atoms with van der Waals surface area (Å²) < 4.78 is 4.44. The molecule has 0 unspecified atom stereocenters. The van der Waals surface area contributed by atoms with Crippen molar-refractivity contribution in [3.8, 4) is 0 Å². The first-order valence-electron chi connectivity index (χ1n) is 1.51. The number of ether oxygens (including phenoxy) is 1. The summed E-state index contributed by atoms with van der Waals surface area (Å²) in [6, 6.07) is 0. The number of hydrogen-bond acceptors (Lipinski definition) is 2. The van der Waals surface area contributed by atoms with Crippen molar-refractivity contribution in [1.82, 2.24) is 0 Å². The van der Waals surface area contributed by atoms with Crippen LogP contribution in [0, 0.1) is 0 Å². The van der Waals surface area contributed by atoms with Gasteiger partial charge in [0.25, 0.3) is 0 Å². The van der Waals surface area contributed by atoms with E-state index in [9.17, 15) is 0 Å². The summed E-state index contributed by atoms with van der Waals surface area (Å²) in [7, 11) is 1.55. The molecule has 6 heavy (non-hydrogen) atoms. The summed E-state index contributed by atoms with van der Waals surface area (Å²) >= 11 is 0. The molecular formula is C3H8NiO2. The number of hydrogen-bond donors (Lipinski definition) is 1. The molecule has 0 fully saturated rings. The second-order valence-corrected chi connectivity index (χ2v) is 0.716. The molecule has 0 rings (SSSR count). The van der Waals surface area contributed by atoms with Gasteiger partial charge in [-0.05, 0) is 0 Å². The number of aliphatic hydroxyl groups excluding tert-OH is 1. The molecule has 0 aliphatic carbocycles. The van der Waals surface area contributed by atoms with E-state index in [1.807, 2.05) is 0 Å². The number of methoxy groups -OCH3 is 1. The maximum atomic E-state index is 7.94. The minimum atomic E-state index is 0. The van der Waals surface area contributed by atoms with Crippen molar-refractivity contribution in [2.24, 2.45) is 0 Å². The third-order valence-corrected chi connectivity index (χ3v) is 0.295. The van der Waals surface area contributed by atoms with Gasteiger partial charge in [-0.1, -0.05) is 0 Å². The van der Waals surface area contributed by atoms with Gasteiger partial charge in [0.1, 0.15) is 0 Å². The van der Waals surface area contributed by atoms with Gasteiger partial charge in [-0.2, -0.15) is 0 Å². The Kier molecular flexibility index (Phi) is 14.6. The van der Waals surface area contributed by atoms with Gasteiger partial charge in [0, 0.05) is 23.6 Å². The van der Waals surface area contributed by atoms with Crippen LogP contribution in [0.25, 0.3) is 0 Å². The van der Waals surface area contributed by atoms with E-state index in [0.29, 0.717) is 6.61 Å². The molecule has 0 saturated heterocycles. The Morgan fingerprint density at radius 3 is 2.17 bits per heavy atom. The fourth-order valence-electron chi connectivity index (χ4n) is 0.0913. The average Bonchev–Trinajstić information content (AvgIpc) is 1.41. The fourth-order valence-corrected chi connectivity index (χ4v) is 0.0913. The molecule has 0 aromatic rings. The fraction of sp³-hybridized carbons (Fsp3) is 1.00. The van der Waals surface area contributed by atoms with Crippen LogP contribution in [0.3, 0.4) is 0 Å². The van der Waals surface area contributed by atoms with Crippen LogP contribution in [-0.2, 0) is 21.2 Å². The molecular weight excluding hydrogens is 127 g/mol. The van der Waals surface area contributed by atoms with E-state index >= 15 is 0 Å². The molecule has 0 aromatic carbocycles. The quantitative estimate of drug-likeness (QED) is 0.523. The molecule has 0 aliphatic rings. The second kappa shape index (κ2) is 9.05. The van der Waals surface area contributed by atoms with Crippen LogP contribution in [0.4, 0.5) is 0 Å². The molecule has 0 aromatic heterocycles. The zero-order chi connectivity index (χ0) is 4.12. The zero-order valence-electron chi connectivity index (χ0n) is 3.59. The third kappa shape index (κ3) is 8.83. The maximum Gasteiger partial charge on any atom is 0.0693 e. The molecule has 42 valence electrons. The predicted octanol–water partition coefficient (Wildman–Crippen LogP) is -0.377. The minimum Gasteiger partial charge on any atom is -0.394 e. The first-order chi connectivity index (χ1) is 2.41. The third-order valence-electron chi connectivity index (χ3n) is 0.295. The first kappa shape index (κ1) is 9.65. The Labute approximate surface area is 47.4 Å². The molecule has 0 saturated carbocycles. The van der Waals surface area contributed by atoms with Gasteiger partial charge in [-0.25, -0.2) is 0 Å². The first-order valence-corrected chi connectivity index (χ1v) is 1.51. The molecule has 2 nitrogen and oxygen atoms in total. The minimum absolute atomic E-state index is 0. The van der Waals surface area contributed by atoms with E-state index in [2.05, 4.69) is 4.74 Å². The van der Waals surface area contributed by atoms with Crippen LogP contribution in [-0.4, -0.2) is 25.4 Å². The summed E-state index contributed by atoms with van der Waals surface area (Å²) in [4.78, 5) is 0. The second-order valence-electron chi connectivity index (χ2n) is 0.716. The predicted molar refractivity (Wildman–Crippen MR) is 19.0 cm³/mol. The molecule has 0 atom stereocenters. The van der Waals surface area contributed by atoms with Crippen molar-refractivity contribution < 1.29 is 26.3 Å². The number of rotatable bonds is 2. The van der Waals surface area contributed by atoms with Crippen molar-refractivity contribution in [3.05, 3.63) is 0 Å². The van der Waals surface area contributed by atoms with Crippen LogP contribution in [0.5, 0.6) is 0 Å². The zero-order valence-corrected chi connectivity index (χ0v) is 4.57. The van der Waals surface area contributed by atoms with Gasteiger partial charge in [-0.15, -0.1) is 0 Å². The summed E-state index contributed by atoms with van der Waals surface area (Å²) in [5.41, 5.74) is 0. The van der Waals surface area contributed by atoms with Crippen molar-refractivity contribution in [2.75, 3.05) is 20.3 Å². The molecule has 0 bridgehead atoms. The summed E-state index contributed by atoms with van der Waals surface area (Å²) in [5, 5.41) is 7.94. The smallest absolute Gasteiger partial charge is 0.0693 e. The van der Waals surface area contributed by atoms with Gasteiger partial charge in [0.2, 0.25) is 0 Å². The van der Waals surface area contributed by atoms with Gasteiger partial charge < -0.3 is 9.84 Å². The van der Waals surface area contributed by atoms with Crippen molar-refractivity contribution >= 4 is 0 Å². The monoisotopic (exact) mass is 134 g/mol.